The highest BCUT2D eigenvalue weighted by atomic mass is 35.5. The van der Waals surface area contributed by atoms with Gasteiger partial charge in [0.25, 0.3) is 11.8 Å². The minimum absolute atomic E-state index is 0.00199. The van der Waals surface area contributed by atoms with Crippen molar-refractivity contribution in [2.45, 2.75) is 6.92 Å². The van der Waals surface area contributed by atoms with Crippen LogP contribution in [-0.4, -0.2) is 31.6 Å². The third-order valence-corrected chi connectivity index (χ3v) is 5.21. The number of benzene rings is 2. The van der Waals surface area contributed by atoms with E-state index >= 15 is 0 Å². The third-order valence-electron chi connectivity index (χ3n) is 4.13. The molecule has 0 spiro atoms. The van der Waals surface area contributed by atoms with Gasteiger partial charge in [0.15, 0.2) is 11.5 Å². The summed E-state index contributed by atoms with van der Waals surface area (Å²) < 4.78 is 10.7. The Kier molecular flexibility index (Phi) is 6.55. The van der Waals surface area contributed by atoms with E-state index in [2.05, 4.69) is 5.32 Å². The van der Waals surface area contributed by atoms with Gasteiger partial charge in [-0.3, -0.25) is 14.9 Å². The van der Waals surface area contributed by atoms with E-state index < -0.39 is 17.8 Å². The quantitative estimate of drug-likeness (QED) is 0.506. The SMILES string of the molecule is CCOc1c(Cl)cc(/C=C2/C(=O)NC(=O)N(c3cccc(Cl)c3Cl)C2=O)cc1OC. The molecule has 7 nitrogen and oxygen atoms in total. The van der Waals surface area contributed by atoms with E-state index in [1.807, 2.05) is 0 Å². The second-order valence-electron chi connectivity index (χ2n) is 6.00. The van der Waals surface area contributed by atoms with Crippen LogP contribution in [0.25, 0.3) is 6.08 Å². The molecule has 1 heterocycles. The maximum atomic E-state index is 13.0. The smallest absolute Gasteiger partial charge is 0.336 e. The second kappa shape index (κ2) is 8.95. The number of nitrogens with zero attached hydrogens (tertiary/aromatic N) is 1. The van der Waals surface area contributed by atoms with Crippen LogP contribution in [0.1, 0.15) is 12.5 Å². The second-order valence-corrected chi connectivity index (χ2v) is 7.19. The first kappa shape index (κ1) is 22.0. The predicted molar refractivity (Wildman–Crippen MR) is 115 cm³/mol. The Morgan fingerprint density at radius 3 is 2.50 bits per heavy atom. The lowest BCUT2D eigenvalue weighted by atomic mass is 10.1. The number of anilines is 1. The van der Waals surface area contributed by atoms with Gasteiger partial charge in [-0.1, -0.05) is 40.9 Å². The van der Waals surface area contributed by atoms with Gasteiger partial charge in [-0.25, -0.2) is 9.69 Å². The Hall–Kier alpha value is -2.74. The number of methoxy groups -OCH3 is 1. The molecule has 1 N–H and O–H groups in total. The van der Waals surface area contributed by atoms with Crippen molar-refractivity contribution in [3.8, 4) is 11.5 Å². The van der Waals surface area contributed by atoms with E-state index in [-0.39, 0.29) is 26.3 Å². The average molecular weight is 470 g/mol. The van der Waals surface area contributed by atoms with Crippen LogP contribution in [0.2, 0.25) is 15.1 Å². The minimum atomic E-state index is -0.936. The van der Waals surface area contributed by atoms with Crippen molar-refractivity contribution >= 4 is 64.4 Å². The van der Waals surface area contributed by atoms with Crippen LogP contribution in [0.4, 0.5) is 10.5 Å². The summed E-state index contributed by atoms with van der Waals surface area (Å²) in [6.07, 6.45) is 1.29. The Morgan fingerprint density at radius 2 is 1.83 bits per heavy atom. The van der Waals surface area contributed by atoms with E-state index in [1.165, 1.54) is 37.5 Å². The number of ether oxygens (including phenoxy) is 2. The summed E-state index contributed by atoms with van der Waals surface area (Å²) in [7, 11) is 1.44. The van der Waals surface area contributed by atoms with Gasteiger partial charge in [-0.05, 0) is 42.8 Å². The normalized spacial score (nSPS) is 15.4. The highest BCUT2D eigenvalue weighted by molar-refractivity contribution is 6.46. The number of rotatable bonds is 5. The summed E-state index contributed by atoms with van der Waals surface area (Å²) in [6.45, 7) is 2.16. The molecule has 3 rings (SSSR count). The Labute approximate surface area is 187 Å². The van der Waals surface area contributed by atoms with Crippen LogP contribution in [0, 0.1) is 0 Å². The van der Waals surface area contributed by atoms with Gasteiger partial charge < -0.3 is 9.47 Å². The molecule has 1 aliphatic rings. The number of urea groups is 1. The molecule has 0 saturated carbocycles. The maximum absolute atomic E-state index is 13.0. The average Bonchev–Trinajstić information content (AvgIpc) is 2.70. The molecular formula is C20H15Cl3N2O5. The summed E-state index contributed by atoms with van der Waals surface area (Å²) in [6, 6.07) is 6.61. The summed E-state index contributed by atoms with van der Waals surface area (Å²) >= 11 is 18.4. The molecule has 1 aliphatic heterocycles. The molecule has 156 valence electrons. The largest absolute Gasteiger partial charge is 0.493 e. The molecule has 2 aromatic rings. The van der Waals surface area contributed by atoms with Gasteiger partial charge in [-0.2, -0.15) is 0 Å². The van der Waals surface area contributed by atoms with Gasteiger partial charge in [0.1, 0.15) is 5.57 Å². The minimum Gasteiger partial charge on any atom is -0.493 e. The summed E-state index contributed by atoms with van der Waals surface area (Å²) in [5, 5.41) is 2.51. The first-order valence-corrected chi connectivity index (χ1v) is 9.77. The topological polar surface area (TPSA) is 84.9 Å². The van der Waals surface area contributed by atoms with Crippen molar-refractivity contribution in [1.29, 1.82) is 0 Å². The lowest BCUT2D eigenvalue weighted by molar-refractivity contribution is -0.122. The molecule has 1 saturated heterocycles. The first-order valence-electron chi connectivity index (χ1n) is 8.64. The zero-order valence-corrected chi connectivity index (χ0v) is 18.1. The molecule has 30 heavy (non-hydrogen) atoms. The Bertz CT molecular complexity index is 1080. The maximum Gasteiger partial charge on any atom is 0.336 e. The van der Waals surface area contributed by atoms with Crippen molar-refractivity contribution in [2.75, 3.05) is 18.6 Å². The fourth-order valence-electron chi connectivity index (χ4n) is 2.82. The number of barbiturate groups is 1. The molecule has 0 atom stereocenters. The van der Waals surface area contributed by atoms with E-state index in [4.69, 9.17) is 44.3 Å². The number of imide groups is 2. The lowest BCUT2D eigenvalue weighted by Gasteiger charge is -2.27. The van der Waals surface area contributed by atoms with Crippen LogP contribution in [0.3, 0.4) is 0 Å². The van der Waals surface area contributed by atoms with Crippen molar-refractivity contribution in [2.24, 2.45) is 0 Å². The Morgan fingerprint density at radius 1 is 1.10 bits per heavy atom. The predicted octanol–water partition coefficient (Wildman–Crippen LogP) is 4.72. The standard InChI is InChI=1S/C20H15Cl3N2O5/c1-3-30-17-13(22)8-10(9-15(17)29-2)7-11-18(26)24-20(28)25(19(11)27)14-6-4-5-12(21)16(14)23/h4-9H,3H2,1-2H3,(H,24,26,28)/b11-7-. The van der Waals surface area contributed by atoms with Crippen LogP contribution in [0.15, 0.2) is 35.9 Å². The molecule has 10 heteroatoms. The summed E-state index contributed by atoms with van der Waals surface area (Å²) in [5.74, 6) is -1.06. The number of carbonyl (C=O) groups excluding carboxylic acids is 3. The van der Waals surface area contributed by atoms with E-state index in [1.54, 1.807) is 13.0 Å². The van der Waals surface area contributed by atoms with Gasteiger partial charge in [0, 0.05) is 0 Å². The van der Waals surface area contributed by atoms with Crippen LogP contribution >= 0.6 is 34.8 Å². The van der Waals surface area contributed by atoms with Gasteiger partial charge in [0.2, 0.25) is 0 Å². The number of hydrogen-bond donors (Lipinski definition) is 1. The molecule has 4 amide bonds. The van der Waals surface area contributed by atoms with E-state index in [0.717, 1.165) is 4.90 Å². The van der Waals surface area contributed by atoms with Gasteiger partial charge in [-0.15, -0.1) is 0 Å². The fourth-order valence-corrected chi connectivity index (χ4v) is 3.47. The van der Waals surface area contributed by atoms with Gasteiger partial charge in [0.05, 0.1) is 34.5 Å². The lowest BCUT2D eigenvalue weighted by Crippen LogP contribution is -2.54. The van der Waals surface area contributed by atoms with Crippen molar-refractivity contribution in [3.63, 3.8) is 0 Å². The first-order chi connectivity index (χ1) is 14.3. The van der Waals surface area contributed by atoms with E-state index in [9.17, 15) is 14.4 Å². The number of amides is 4. The molecule has 2 aromatic carbocycles. The fraction of sp³-hybridized carbons (Fsp3) is 0.150. The molecule has 0 radical (unpaired) electrons. The van der Waals surface area contributed by atoms with E-state index in [0.29, 0.717) is 23.7 Å². The number of hydrogen-bond acceptors (Lipinski definition) is 5. The molecule has 0 bridgehead atoms. The molecule has 0 aromatic heterocycles. The Balaban J connectivity index is 2.07. The summed E-state index contributed by atoms with van der Waals surface area (Å²) in [5.41, 5.74) is 0.144. The van der Waals surface area contributed by atoms with Crippen molar-refractivity contribution < 1.29 is 23.9 Å². The zero-order valence-electron chi connectivity index (χ0n) is 15.8. The van der Waals surface area contributed by atoms with Crippen molar-refractivity contribution in [3.05, 3.63) is 56.5 Å². The number of halogens is 3. The monoisotopic (exact) mass is 468 g/mol. The number of carbonyl (C=O) groups is 3. The molecule has 0 aliphatic carbocycles. The van der Waals surface area contributed by atoms with Crippen LogP contribution in [0.5, 0.6) is 11.5 Å². The summed E-state index contributed by atoms with van der Waals surface area (Å²) in [4.78, 5) is 38.4. The number of nitrogens with one attached hydrogen (secondary N) is 1. The highest BCUT2D eigenvalue weighted by Crippen LogP contribution is 2.38. The zero-order chi connectivity index (χ0) is 22.0. The van der Waals surface area contributed by atoms with Crippen LogP contribution in [-0.2, 0) is 9.59 Å². The molecule has 0 unspecified atom stereocenters. The highest BCUT2D eigenvalue weighted by Gasteiger charge is 2.38. The van der Waals surface area contributed by atoms with Gasteiger partial charge >= 0.3 is 6.03 Å². The van der Waals surface area contributed by atoms with Crippen molar-refractivity contribution in [1.82, 2.24) is 5.32 Å². The van der Waals surface area contributed by atoms with Crippen LogP contribution < -0.4 is 19.7 Å². The molecular weight excluding hydrogens is 455 g/mol. The molecule has 1 fully saturated rings. The third kappa shape index (κ3) is 4.09.